The van der Waals surface area contributed by atoms with E-state index in [2.05, 4.69) is 24.1 Å². The summed E-state index contributed by atoms with van der Waals surface area (Å²) >= 11 is 0. The summed E-state index contributed by atoms with van der Waals surface area (Å²) in [5.74, 6) is 4.96. The fourth-order valence-corrected chi connectivity index (χ4v) is 5.84. The maximum absolute atomic E-state index is 12.9. The van der Waals surface area contributed by atoms with Gasteiger partial charge in [-0.3, -0.25) is 4.79 Å². The minimum Gasteiger partial charge on any atom is -0.342 e. The number of fused-ring (bicyclic) bond motifs is 5. The van der Waals surface area contributed by atoms with Crippen molar-refractivity contribution in [2.24, 2.45) is 35.5 Å². The Kier molecular flexibility index (Phi) is 3.52. The van der Waals surface area contributed by atoms with Crippen molar-refractivity contribution in [2.45, 2.75) is 52.0 Å². The zero-order valence-electron chi connectivity index (χ0n) is 13.6. The van der Waals surface area contributed by atoms with Gasteiger partial charge < -0.3 is 10.2 Å². The first kappa shape index (κ1) is 14.0. The van der Waals surface area contributed by atoms with Crippen molar-refractivity contribution >= 4 is 5.91 Å². The Morgan fingerprint density at radius 2 is 1.90 bits per heavy atom. The predicted octanol–water partition coefficient (Wildman–Crippen LogP) is 2.52. The van der Waals surface area contributed by atoms with Gasteiger partial charge in [0.2, 0.25) is 5.91 Å². The van der Waals surface area contributed by atoms with Crippen LogP contribution in [0.2, 0.25) is 0 Å². The molecule has 0 radical (unpaired) electrons. The molecule has 1 aliphatic heterocycles. The summed E-state index contributed by atoms with van der Waals surface area (Å²) in [6.07, 6.45) is 6.60. The fourth-order valence-electron chi connectivity index (χ4n) is 5.84. The number of carbonyl (C=O) groups is 1. The maximum Gasteiger partial charge on any atom is 0.226 e. The van der Waals surface area contributed by atoms with Gasteiger partial charge in [0.05, 0.1) is 0 Å². The summed E-state index contributed by atoms with van der Waals surface area (Å²) in [6, 6.07) is 0.615. The number of hydrogen-bond acceptors (Lipinski definition) is 2. The van der Waals surface area contributed by atoms with Crippen LogP contribution in [0.15, 0.2) is 0 Å². The van der Waals surface area contributed by atoms with Gasteiger partial charge in [-0.2, -0.15) is 0 Å². The number of carbonyl (C=O) groups excluding carboxylic acids is 1. The van der Waals surface area contributed by atoms with Gasteiger partial charge in [-0.25, -0.2) is 0 Å². The zero-order valence-corrected chi connectivity index (χ0v) is 13.6. The van der Waals surface area contributed by atoms with Gasteiger partial charge in [-0.1, -0.05) is 13.8 Å². The molecule has 1 heterocycles. The summed E-state index contributed by atoms with van der Waals surface area (Å²) in [5, 5.41) is 3.65. The molecular weight excluding hydrogens is 260 g/mol. The Hall–Kier alpha value is -0.570. The van der Waals surface area contributed by atoms with Crippen LogP contribution in [-0.2, 0) is 4.79 Å². The van der Waals surface area contributed by atoms with Gasteiger partial charge in [0, 0.05) is 25.0 Å². The Labute approximate surface area is 128 Å². The van der Waals surface area contributed by atoms with E-state index in [4.69, 9.17) is 0 Å². The molecule has 0 spiro atoms. The summed E-state index contributed by atoms with van der Waals surface area (Å²) in [4.78, 5) is 15.1. The van der Waals surface area contributed by atoms with Crippen LogP contribution in [0.4, 0.5) is 0 Å². The molecule has 4 rings (SSSR count). The van der Waals surface area contributed by atoms with E-state index in [9.17, 15) is 4.79 Å². The molecule has 1 saturated heterocycles. The summed E-state index contributed by atoms with van der Waals surface area (Å²) < 4.78 is 0. The van der Waals surface area contributed by atoms with Crippen LogP contribution in [0, 0.1) is 35.5 Å². The Balaban J connectivity index is 1.33. The van der Waals surface area contributed by atoms with E-state index in [0.29, 0.717) is 23.8 Å². The first-order valence-corrected chi connectivity index (χ1v) is 9.23. The molecule has 0 aromatic heterocycles. The third kappa shape index (κ3) is 2.23. The topological polar surface area (TPSA) is 32.3 Å². The van der Waals surface area contributed by atoms with Crippen molar-refractivity contribution in [1.29, 1.82) is 0 Å². The quantitative estimate of drug-likeness (QED) is 0.863. The number of nitrogens with one attached hydrogen (secondary N) is 1. The highest BCUT2D eigenvalue weighted by Gasteiger charge is 2.68. The minimum absolute atomic E-state index is 0.434. The zero-order chi connectivity index (χ0) is 14.6. The lowest BCUT2D eigenvalue weighted by Gasteiger charge is -2.38. The number of rotatable bonds is 4. The van der Waals surface area contributed by atoms with Crippen LogP contribution in [0.1, 0.15) is 46.0 Å². The Bertz CT molecular complexity index is 407. The Morgan fingerprint density at radius 1 is 1.19 bits per heavy atom. The van der Waals surface area contributed by atoms with Crippen LogP contribution >= 0.6 is 0 Å². The van der Waals surface area contributed by atoms with Crippen LogP contribution in [-0.4, -0.2) is 36.5 Å². The van der Waals surface area contributed by atoms with Crippen molar-refractivity contribution in [3.63, 3.8) is 0 Å². The number of nitrogens with zero attached hydrogens (tertiary/aromatic N) is 1. The number of likely N-dealkylation sites (tertiary alicyclic amines) is 1. The van der Waals surface area contributed by atoms with Gasteiger partial charge in [0.15, 0.2) is 0 Å². The van der Waals surface area contributed by atoms with Crippen LogP contribution < -0.4 is 5.32 Å². The summed E-state index contributed by atoms with van der Waals surface area (Å²) in [7, 11) is 0. The standard InChI is InChI=1S/C18H30N2O/c1-3-7-19-14-6-8-20(10-11(14)2)18(21)17-15-12-4-5-13(9-12)16(15)17/h11-17,19H,3-10H2,1-2H3. The molecule has 0 aromatic carbocycles. The smallest absolute Gasteiger partial charge is 0.226 e. The van der Waals surface area contributed by atoms with Gasteiger partial charge >= 0.3 is 0 Å². The number of hydrogen-bond donors (Lipinski definition) is 1. The largest absolute Gasteiger partial charge is 0.342 e. The second-order valence-electron chi connectivity index (χ2n) is 8.12. The lowest BCUT2D eigenvalue weighted by molar-refractivity contribution is -0.135. The second kappa shape index (κ2) is 5.26. The highest BCUT2D eigenvalue weighted by Crippen LogP contribution is 2.69. The average molecular weight is 290 g/mol. The molecule has 4 fully saturated rings. The van der Waals surface area contributed by atoms with E-state index in [-0.39, 0.29) is 0 Å². The van der Waals surface area contributed by atoms with E-state index in [1.807, 2.05) is 0 Å². The van der Waals surface area contributed by atoms with Crippen LogP contribution in [0.3, 0.4) is 0 Å². The summed E-state index contributed by atoms with van der Waals surface area (Å²) in [6.45, 7) is 7.60. The molecule has 3 aliphatic carbocycles. The van der Waals surface area contributed by atoms with Crippen molar-refractivity contribution in [1.82, 2.24) is 10.2 Å². The maximum atomic E-state index is 12.9. The highest BCUT2D eigenvalue weighted by molar-refractivity contribution is 5.83. The predicted molar refractivity (Wildman–Crippen MR) is 83.7 cm³/mol. The number of amides is 1. The SMILES string of the molecule is CCCNC1CCN(C(=O)C2C3C4CCC(C4)C23)CC1C. The third-order valence-corrected chi connectivity index (χ3v) is 6.89. The van der Waals surface area contributed by atoms with Crippen LogP contribution in [0.5, 0.6) is 0 Å². The van der Waals surface area contributed by atoms with Gasteiger partial charge in [0.25, 0.3) is 0 Å². The van der Waals surface area contributed by atoms with E-state index in [1.165, 1.54) is 25.7 Å². The molecule has 6 atom stereocenters. The van der Waals surface area contributed by atoms with Crippen molar-refractivity contribution in [3.8, 4) is 0 Å². The molecule has 2 bridgehead atoms. The summed E-state index contributed by atoms with van der Waals surface area (Å²) in [5.41, 5.74) is 0. The molecule has 1 amide bonds. The second-order valence-corrected chi connectivity index (χ2v) is 8.12. The van der Waals surface area contributed by atoms with E-state index >= 15 is 0 Å². The van der Waals surface area contributed by atoms with Gasteiger partial charge in [-0.05, 0) is 68.2 Å². The lowest BCUT2D eigenvalue weighted by atomic mass is 9.92. The first-order chi connectivity index (χ1) is 10.2. The van der Waals surface area contributed by atoms with Crippen molar-refractivity contribution in [2.75, 3.05) is 19.6 Å². The fraction of sp³-hybridized carbons (Fsp3) is 0.944. The van der Waals surface area contributed by atoms with Gasteiger partial charge in [0.1, 0.15) is 0 Å². The number of piperidine rings is 1. The molecular formula is C18H30N2O. The molecule has 6 unspecified atom stereocenters. The van der Waals surface area contributed by atoms with Gasteiger partial charge in [-0.15, -0.1) is 0 Å². The molecule has 1 N–H and O–H groups in total. The molecule has 0 aromatic rings. The Morgan fingerprint density at radius 3 is 2.52 bits per heavy atom. The molecule has 4 aliphatic rings. The molecule has 3 heteroatoms. The van der Waals surface area contributed by atoms with Crippen LogP contribution in [0.25, 0.3) is 0 Å². The highest BCUT2D eigenvalue weighted by atomic mass is 16.2. The minimum atomic E-state index is 0.434. The van der Waals surface area contributed by atoms with E-state index < -0.39 is 0 Å². The molecule has 3 saturated carbocycles. The third-order valence-electron chi connectivity index (χ3n) is 6.89. The van der Waals surface area contributed by atoms with Crippen molar-refractivity contribution < 1.29 is 4.79 Å². The van der Waals surface area contributed by atoms with Crippen molar-refractivity contribution in [3.05, 3.63) is 0 Å². The van der Waals surface area contributed by atoms with E-state index in [1.54, 1.807) is 0 Å². The average Bonchev–Trinajstić information content (AvgIpc) is 2.92. The monoisotopic (exact) mass is 290 g/mol. The molecule has 3 nitrogen and oxygen atoms in total. The normalized spacial score (nSPS) is 47.5. The first-order valence-electron chi connectivity index (χ1n) is 9.23. The van der Waals surface area contributed by atoms with E-state index in [0.717, 1.165) is 49.7 Å². The lowest BCUT2D eigenvalue weighted by Crippen LogP contribution is -2.51. The molecule has 118 valence electrons. The molecule has 21 heavy (non-hydrogen) atoms.